The zero-order valence-corrected chi connectivity index (χ0v) is 24.9. The van der Waals surface area contributed by atoms with E-state index in [-0.39, 0.29) is 35.0 Å². The summed E-state index contributed by atoms with van der Waals surface area (Å²) in [6.07, 6.45) is 9.70. The fraction of sp³-hybridized carbons (Fsp3) is 0.448. The van der Waals surface area contributed by atoms with Crippen LogP contribution in [0.4, 0.5) is 0 Å². The van der Waals surface area contributed by atoms with Crippen molar-refractivity contribution in [1.29, 1.82) is 0 Å². The standard InChI is InChI=1S/C29H36N8O5S/c1-43(41,42)36-15-11-22(12-16-36)25-20-35(34-33-25)14-8-3-2-7-13-30-27(38)23-17-24-26(31-18-23)37(29(40)32-28(24)39)19-21-9-5-4-6-10-21/h4-6,9-10,17-18,20,22H,2-3,7-8,11-16,19H2,1H3,(H,30,38)(H,32,39,40). The number of sulfonamides is 1. The molecule has 0 saturated carbocycles. The van der Waals surface area contributed by atoms with E-state index in [1.165, 1.54) is 27.4 Å². The van der Waals surface area contributed by atoms with E-state index in [4.69, 9.17) is 0 Å². The number of unbranched alkanes of at least 4 members (excludes halogenated alkanes) is 3. The van der Waals surface area contributed by atoms with Gasteiger partial charge in [-0.1, -0.05) is 48.4 Å². The number of fused-ring (bicyclic) bond motifs is 1. The first kappa shape index (κ1) is 30.3. The number of pyridine rings is 1. The predicted octanol–water partition coefficient (Wildman–Crippen LogP) is 1.85. The molecule has 1 aliphatic rings. The molecule has 0 radical (unpaired) electrons. The van der Waals surface area contributed by atoms with Gasteiger partial charge < -0.3 is 5.32 Å². The summed E-state index contributed by atoms with van der Waals surface area (Å²) < 4.78 is 28.2. The predicted molar refractivity (Wildman–Crippen MR) is 161 cm³/mol. The van der Waals surface area contributed by atoms with Crippen molar-refractivity contribution < 1.29 is 13.2 Å². The molecule has 3 aromatic heterocycles. The van der Waals surface area contributed by atoms with Crippen molar-refractivity contribution >= 4 is 27.0 Å². The van der Waals surface area contributed by atoms with E-state index in [1.54, 1.807) is 0 Å². The van der Waals surface area contributed by atoms with Crippen LogP contribution in [0, 0.1) is 0 Å². The first-order chi connectivity index (χ1) is 20.7. The second-order valence-corrected chi connectivity index (χ2v) is 12.9. The van der Waals surface area contributed by atoms with Crippen LogP contribution in [0.3, 0.4) is 0 Å². The summed E-state index contributed by atoms with van der Waals surface area (Å²) in [6, 6.07) is 10.9. The number of amides is 1. The molecule has 14 heteroatoms. The summed E-state index contributed by atoms with van der Waals surface area (Å²) >= 11 is 0. The first-order valence-electron chi connectivity index (χ1n) is 14.5. The summed E-state index contributed by atoms with van der Waals surface area (Å²) in [5.74, 6) is -0.0992. The van der Waals surface area contributed by atoms with Gasteiger partial charge in [-0.15, -0.1) is 5.10 Å². The van der Waals surface area contributed by atoms with Gasteiger partial charge in [-0.25, -0.2) is 22.5 Å². The highest BCUT2D eigenvalue weighted by molar-refractivity contribution is 7.88. The maximum Gasteiger partial charge on any atom is 0.330 e. The Morgan fingerprint density at radius 2 is 1.81 bits per heavy atom. The monoisotopic (exact) mass is 608 g/mol. The molecule has 13 nitrogen and oxygen atoms in total. The summed E-state index contributed by atoms with van der Waals surface area (Å²) in [6.45, 7) is 2.50. The molecule has 228 valence electrons. The Morgan fingerprint density at radius 1 is 1.07 bits per heavy atom. The Labute approximate surface area is 249 Å². The maximum absolute atomic E-state index is 12.7. The lowest BCUT2D eigenvalue weighted by Crippen LogP contribution is -2.37. The lowest BCUT2D eigenvalue weighted by molar-refractivity contribution is 0.0952. The molecular weight excluding hydrogens is 572 g/mol. The van der Waals surface area contributed by atoms with Crippen LogP contribution in [0.15, 0.2) is 58.4 Å². The quantitative estimate of drug-likeness (QED) is 0.230. The molecule has 2 N–H and O–H groups in total. The minimum absolute atomic E-state index is 0.179. The molecule has 1 amide bonds. The fourth-order valence-electron chi connectivity index (χ4n) is 5.35. The number of carbonyl (C=O) groups is 1. The lowest BCUT2D eigenvalue weighted by Gasteiger charge is -2.28. The van der Waals surface area contributed by atoms with Gasteiger partial charge in [0.1, 0.15) is 5.65 Å². The smallest absolute Gasteiger partial charge is 0.330 e. The Kier molecular flexibility index (Phi) is 9.46. The number of aryl methyl sites for hydroxylation is 1. The number of nitrogens with zero attached hydrogens (tertiary/aromatic N) is 6. The van der Waals surface area contributed by atoms with Crippen molar-refractivity contribution in [2.45, 2.75) is 57.5 Å². The zero-order valence-electron chi connectivity index (χ0n) is 24.1. The topological polar surface area (TPSA) is 165 Å². The summed E-state index contributed by atoms with van der Waals surface area (Å²) in [5, 5.41) is 11.6. The fourth-order valence-corrected chi connectivity index (χ4v) is 6.23. The van der Waals surface area contributed by atoms with Gasteiger partial charge >= 0.3 is 5.69 Å². The summed E-state index contributed by atoms with van der Waals surface area (Å²) in [4.78, 5) is 44.3. The van der Waals surface area contributed by atoms with E-state index in [0.717, 1.165) is 56.3 Å². The molecule has 1 fully saturated rings. The van der Waals surface area contributed by atoms with Crippen LogP contribution in [-0.4, -0.2) is 74.0 Å². The largest absolute Gasteiger partial charge is 0.352 e. The van der Waals surface area contributed by atoms with Crippen LogP contribution in [0.25, 0.3) is 11.0 Å². The number of benzene rings is 1. The highest BCUT2D eigenvalue weighted by Crippen LogP contribution is 2.27. The third kappa shape index (κ3) is 7.62. The molecule has 43 heavy (non-hydrogen) atoms. The summed E-state index contributed by atoms with van der Waals surface area (Å²) in [5.41, 5.74) is 1.15. The van der Waals surface area contributed by atoms with Gasteiger partial charge in [-0.05, 0) is 37.3 Å². The number of piperidine rings is 1. The van der Waals surface area contributed by atoms with Crippen LogP contribution in [-0.2, 0) is 23.1 Å². The number of nitrogens with one attached hydrogen (secondary N) is 2. The van der Waals surface area contributed by atoms with Crippen molar-refractivity contribution in [2.75, 3.05) is 25.9 Å². The minimum atomic E-state index is -3.15. The SMILES string of the molecule is CS(=O)(=O)N1CCC(c2cn(CCCCCCNC(=O)c3cnc4c(c3)c(=O)[nH]c(=O)n4Cc3ccccc3)nn2)CC1. The highest BCUT2D eigenvalue weighted by Gasteiger charge is 2.27. The van der Waals surface area contributed by atoms with Crippen molar-refractivity contribution in [3.63, 3.8) is 0 Å². The van der Waals surface area contributed by atoms with Crippen LogP contribution in [0.1, 0.15) is 66.1 Å². The van der Waals surface area contributed by atoms with Crippen LogP contribution in [0.2, 0.25) is 0 Å². The van der Waals surface area contributed by atoms with E-state index in [1.807, 2.05) is 41.2 Å². The van der Waals surface area contributed by atoms with Crippen LogP contribution < -0.4 is 16.6 Å². The molecule has 1 aliphatic heterocycles. The summed E-state index contributed by atoms with van der Waals surface area (Å²) in [7, 11) is -3.15. The van der Waals surface area contributed by atoms with Crippen LogP contribution >= 0.6 is 0 Å². The molecule has 0 unspecified atom stereocenters. The van der Waals surface area contributed by atoms with E-state index >= 15 is 0 Å². The second kappa shape index (κ2) is 13.4. The van der Waals surface area contributed by atoms with Crippen LogP contribution in [0.5, 0.6) is 0 Å². The van der Waals surface area contributed by atoms with Crippen molar-refractivity contribution in [2.24, 2.45) is 0 Å². The molecule has 0 atom stereocenters. The number of rotatable bonds is 12. The Balaban J connectivity index is 1.05. The first-order valence-corrected chi connectivity index (χ1v) is 16.3. The average Bonchev–Trinajstić information content (AvgIpc) is 3.47. The molecular formula is C29H36N8O5S. The molecule has 0 bridgehead atoms. The van der Waals surface area contributed by atoms with E-state index < -0.39 is 21.3 Å². The van der Waals surface area contributed by atoms with E-state index in [2.05, 4.69) is 25.6 Å². The number of hydrogen-bond acceptors (Lipinski definition) is 8. The van der Waals surface area contributed by atoms with E-state index in [0.29, 0.717) is 19.6 Å². The lowest BCUT2D eigenvalue weighted by atomic mass is 9.95. The normalized spacial score (nSPS) is 14.7. The maximum atomic E-state index is 12.7. The zero-order chi connectivity index (χ0) is 30.4. The Hall–Kier alpha value is -4.17. The number of carbonyl (C=O) groups excluding carboxylic acids is 1. The highest BCUT2D eigenvalue weighted by atomic mass is 32.2. The number of H-pyrrole nitrogens is 1. The number of aromatic amines is 1. The van der Waals surface area contributed by atoms with Crippen molar-refractivity contribution in [1.82, 2.24) is 39.2 Å². The number of hydrogen-bond donors (Lipinski definition) is 2. The van der Waals surface area contributed by atoms with Gasteiger partial charge in [0, 0.05) is 44.5 Å². The van der Waals surface area contributed by atoms with Gasteiger partial charge in [0.25, 0.3) is 11.5 Å². The molecule has 5 rings (SSSR count). The van der Waals surface area contributed by atoms with Crippen molar-refractivity contribution in [3.8, 4) is 0 Å². The molecule has 1 aromatic carbocycles. The van der Waals surface area contributed by atoms with Crippen molar-refractivity contribution in [3.05, 3.63) is 86.5 Å². The van der Waals surface area contributed by atoms with Gasteiger partial charge in [-0.3, -0.25) is 23.8 Å². The molecule has 4 aromatic rings. The third-order valence-electron chi connectivity index (χ3n) is 7.78. The molecule has 1 saturated heterocycles. The van der Waals surface area contributed by atoms with Gasteiger partial charge in [0.2, 0.25) is 10.0 Å². The minimum Gasteiger partial charge on any atom is -0.352 e. The second-order valence-electron chi connectivity index (χ2n) is 10.9. The Bertz CT molecular complexity index is 1790. The average molecular weight is 609 g/mol. The molecule has 4 heterocycles. The van der Waals surface area contributed by atoms with E-state index in [9.17, 15) is 22.8 Å². The molecule has 0 spiro atoms. The van der Waals surface area contributed by atoms with Gasteiger partial charge in [-0.2, -0.15) is 0 Å². The van der Waals surface area contributed by atoms with Gasteiger partial charge in [0.15, 0.2) is 0 Å². The van der Waals surface area contributed by atoms with Gasteiger partial charge in [0.05, 0.1) is 29.4 Å². The number of aromatic nitrogens is 6. The molecule has 0 aliphatic carbocycles. The Morgan fingerprint density at radius 3 is 2.56 bits per heavy atom. The third-order valence-corrected chi connectivity index (χ3v) is 9.08.